The van der Waals surface area contributed by atoms with Gasteiger partial charge >= 0.3 is 5.97 Å². The molecular formula is C16H14ClNO5. The highest BCUT2D eigenvalue weighted by molar-refractivity contribution is 6.31. The first-order valence-corrected chi connectivity index (χ1v) is 7.10. The highest BCUT2D eigenvalue weighted by Gasteiger charge is 2.16. The summed E-state index contributed by atoms with van der Waals surface area (Å²) >= 11 is 5.91. The Balaban J connectivity index is 2.31. The Kier molecular flexibility index (Phi) is 5.08. The normalized spacial score (nSPS) is 10.2. The summed E-state index contributed by atoms with van der Waals surface area (Å²) in [5.41, 5.74) is 0.149. The number of phenols is 1. The van der Waals surface area contributed by atoms with Crippen molar-refractivity contribution in [2.75, 3.05) is 11.9 Å². The minimum Gasteiger partial charge on any atom is -0.507 e. The molecule has 0 aromatic heterocycles. The van der Waals surface area contributed by atoms with Gasteiger partial charge in [-0.25, -0.2) is 4.79 Å². The van der Waals surface area contributed by atoms with Crippen LogP contribution in [0.1, 0.15) is 27.6 Å². The Morgan fingerprint density at radius 1 is 1.17 bits per heavy atom. The average molecular weight is 336 g/mol. The summed E-state index contributed by atoms with van der Waals surface area (Å²) < 4.78 is 5.38. The van der Waals surface area contributed by atoms with E-state index in [-0.39, 0.29) is 22.6 Å². The lowest BCUT2D eigenvalue weighted by Crippen LogP contribution is -2.14. The van der Waals surface area contributed by atoms with E-state index in [0.717, 1.165) is 0 Å². The first-order valence-electron chi connectivity index (χ1n) is 6.72. The van der Waals surface area contributed by atoms with E-state index in [2.05, 4.69) is 5.32 Å². The summed E-state index contributed by atoms with van der Waals surface area (Å²) in [6, 6.07) is 8.40. The molecule has 0 heterocycles. The molecular weight excluding hydrogens is 322 g/mol. The van der Waals surface area contributed by atoms with Crippen LogP contribution in [0.5, 0.6) is 11.5 Å². The van der Waals surface area contributed by atoms with Crippen molar-refractivity contribution >= 4 is 29.2 Å². The van der Waals surface area contributed by atoms with Crippen LogP contribution in [0.25, 0.3) is 0 Å². The van der Waals surface area contributed by atoms with Crippen molar-refractivity contribution in [2.24, 2.45) is 0 Å². The van der Waals surface area contributed by atoms with Crippen LogP contribution in [-0.4, -0.2) is 28.7 Å². The number of ether oxygens (including phenoxy) is 1. The molecule has 0 saturated carbocycles. The lowest BCUT2D eigenvalue weighted by Gasteiger charge is -2.11. The van der Waals surface area contributed by atoms with E-state index < -0.39 is 11.9 Å². The molecule has 0 aliphatic rings. The molecule has 0 saturated heterocycles. The van der Waals surface area contributed by atoms with Gasteiger partial charge in [0.2, 0.25) is 0 Å². The molecule has 2 rings (SSSR count). The van der Waals surface area contributed by atoms with Crippen LogP contribution in [0, 0.1) is 0 Å². The van der Waals surface area contributed by atoms with E-state index in [4.69, 9.17) is 21.4 Å². The number of carbonyl (C=O) groups is 2. The fourth-order valence-electron chi connectivity index (χ4n) is 1.94. The zero-order valence-electron chi connectivity index (χ0n) is 12.2. The largest absolute Gasteiger partial charge is 0.507 e. The minimum absolute atomic E-state index is 0.226. The Hall–Kier alpha value is -2.73. The second-order valence-corrected chi connectivity index (χ2v) is 5.00. The van der Waals surface area contributed by atoms with Crippen LogP contribution >= 0.6 is 11.6 Å². The number of carbonyl (C=O) groups excluding carboxylic acids is 1. The number of rotatable bonds is 5. The van der Waals surface area contributed by atoms with Crippen molar-refractivity contribution in [3.05, 3.63) is 52.5 Å². The Morgan fingerprint density at radius 2 is 1.91 bits per heavy atom. The van der Waals surface area contributed by atoms with Gasteiger partial charge in [-0.05, 0) is 43.3 Å². The minimum atomic E-state index is -1.30. The van der Waals surface area contributed by atoms with E-state index in [1.165, 1.54) is 24.3 Å². The van der Waals surface area contributed by atoms with Gasteiger partial charge in [-0.15, -0.1) is 0 Å². The molecule has 3 N–H and O–H groups in total. The molecule has 2 aromatic rings. The zero-order valence-corrected chi connectivity index (χ0v) is 12.9. The lowest BCUT2D eigenvalue weighted by molar-refractivity contribution is 0.0693. The molecule has 0 atom stereocenters. The van der Waals surface area contributed by atoms with Crippen LogP contribution in [0.15, 0.2) is 36.4 Å². The maximum Gasteiger partial charge on any atom is 0.339 e. The molecule has 7 heteroatoms. The van der Waals surface area contributed by atoms with Gasteiger partial charge in [0, 0.05) is 10.7 Å². The predicted octanol–water partition coefficient (Wildman–Crippen LogP) is 3.39. The molecule has 0 aliphatic heterocycles. The fraction of sp³-hybridized carbons (Fsp3) is 0.125. The molecule has 120 valence electrons. The molecule has 6 nitrogen and oxygen atoms in total. The van der Waals surface area contributed by atoms with Gasteiger partial charge in [0.05, 0.1) is 12.2 Å². The maximum atomic E-state index is 12.4. The van der Waals surface area contributed by atoms with Crippen molar-refractivity contribution in [3.8, 4) is 11.5 Å². The first kappa shape index (κ1) is 16.6. The number of nitrogens with one attached hydrogen (secondary N) is 1. The zero-order chi connectivity index (χ0) is 17.0. The molecule has 23 heavy (non-hydrogen) atoms. The molecule has 0 fully saturated rings. The smallest absolute Gasteiger partial charge is 0.339 e. The van der Waals surface area contributed by atoms with Crippen LogP contribution in [0.4, 0.5) is 5.69 Å². The van der Waals surface area contributed by atoms with Gasteiger partial charge in [0.25, 0.3) is 5.91 Å². The maximum absolute atomic E-state index is 12.4. The van der Waals surface area contributed by atoms with Crippen LogP contribution in [0.3, 0.4) is 0 Å². The van der Waals surface area contributed by atoms with Crippen molar-refractivity contribution < 1.29 is 24.5 Å². The molecule has 0 radical (unpaired) electrons. The Morgan fingerprint density at radius 3 is 2.57 bits per heavy atom. The van der Waals surface area contributed by atoms with Crippen molar-refractivity contribution in [1.82, 2.24) is 0 Å². The topological polar surface area (TPSA) is 95.9 Å². The SMILES string of the molecule is CCOc1ccc(Cl)cc1C(=O)Nc1ccc(O)c(C(=O)O)c1. The summed E-state index contributed by atoms with van der Waals surface area (Å²) in [5.74, 6) is -1.81. The Labute approximate surface area is 137 Å². The van der Waals surface area contributed by atoms with E-state index in [1.807, 2.05) is 0 Å². The highest BCUT2D eigenvalue weighted by atomic mass is 35.5. The number of amides is 1. The predicted molar refractivity (Wildman–Crippen MR) is 85.6 cm³/mol. The number of carboxylic acid groups (broad SMARTS) is 1. The number of hydrogen-bond donors (Lipinski definition) is 3. The number of halogens is 1. The third kappa shape index (κ3) is 3.92. The summed E-state index contributed by atoms with van der Waals surface area (Å²) in [7, 11) is 0. The molecule has 0 aliphatic carbocycles. The monoisotopic (exact) mass is 335 g/mol. The number of aromatic hydroxyl groups is 1. The molecule has 0 spiro atoms. The van der Waals surface area contributed by atoms with Gasteiger partial charge in [0.15, 0.2) is 0 Å². The summed E-state index contributed by atoms with van der Waals surface area (Å²) in [6.45, 7) is 2.17. The van der Waals surface area contributed by atoms with Crippen molar-refractivity contribution in [1.29, 1.82) is 0 Å². The standard InChI is InChI=1S/C16H14ClNO5/c1-2-23-14-6-3-9(17)7-12(14)15(20)18-10-4-5-13(19)11(8-10)16(21)22/h3-8,19H,2H2,1H3,(H,18,20)(H,21,22). The van der Waals surface area contributed by atoms with Gasteiger partial charge in [-0.3, -0.25) is 4.79 Å². The molecule has 2 aromatic carbocycles. The van der Waals surface area contributed by atoms with Crippen LogP contribution < -0.4 is 10.1 Å². The van der Waals surface area contributed by atoms with Gasteiger partial charge < -0.3 is 20.3 Å². The third-order valence-corrected chi connectivity index (χ3v) is 3.21. The number of anilines is 1. The number of aromatic carboxylic acids is 1. The van der Waals surface area contributed by atoms with Crippen LogP contribution in [-0.2, 0) is 0 Å². The lowest BCUT2D eigenvalue weighted by atomic mass is 10.1. The van der Waals surface area contributed by atoms with E-state index in [9.17, 15) is 14.7 Å². The summed E-state index contributed by atoms with van der Waals surface area (Å²) in [4.78, 5) is 23.4. The van der Waals surface area contributed by atoms with Crippen LogP contribution in [0.2, 0.25) is 5.02 Å². The van der Waals surface area contributed by atoms with Crippen molar-refractivity contribution in [2.45, 2.75) is 6.92 Å². The first-order chi connectivity index (χ1) is 10.9. The molecule has 0 bridgehead atoms. The molecule has 1 amide bonds. The number of carboxylic acids is 1. The highest BCUT2D eigenvalue weighted by Crippen LogP contribution is 2.26. The van der Waals surface area contributed by atoms with Gasteiger partial charge in [-0.2, -0.15) is 0 Å². The molecule has 0 unspecified atom stereocenters. The Bertz CT molecular complexity index is 760. The second kappa shape index (κ2) is 7.02. The summed E-state index contributed by atoms with van der Waals surface area (Å²) in [5, 5.41) is 21.4. The second-order valence-electron chi connectivity index (χ2n) is 4.56. The number of hydrogen-bond acceptors (Lipinski definition) is 4. The fourth-order valence-corrected chi connectivity index (χ4v) is 2.12. The quantitative estimate of drug-likeness (QED) is 0.728. The van der Waals surface area contributed by atoms with E-state index in [0.29, 0.717) is 17.4 Å². The third-order valence-electron chi connectivity index (χ3n) is 2.97. The average Bonchev–Trinajstić information content (AvgIpc) is 2.50. The van der Waals surface area contributed by atoms with Crippen molar-refractivity contribution in [3.63, 3.8) is 0 Å². The van der Waals surface area contributed by atoms with E-state index in [1.54, 1.807) is 19.1 Å². The summed E-state index contributed by atoms with van der Waals surface area (Å²) in [6.07, 6.45) is 0. The number of benzene rings is 2. The van der Waals surface area contributed by atoms with E-state index >= 15 is 0 Å². The van der Waals surface area contributed by atoms with Gasteiger partial charge in [-0.1, -0.05) is 11.6 Å². The van der Waals surface area contributed by atoms with Gasteiger partial charge in [0.1, 0.15) is 17.1 Å².